The van der Waals surface area contributed by atoms with Gasteiger partial charge in [0, 0.05) is 6.04 Å². The number of nitrogens with one attached hydrogen (secondary N) is 1. The van der Waals surface area contributed by atoms with Gasteiger partial charge < -0.3 is 10.1 Å². The molecule has 0 heterocycles. The third kappa shape index (κ3) is 4.43. The van der Waals surface area contributed by atoms with Gasteiger partial charge in [0.2, 0.25) is 0 Å². The number of benzene rings is 1. The Kier molecular flexibility index (Phi) is 6.12. The van der Waals surface area contributed by atoms with E-state index in [0.29, 0.717) is 11.4 Å². The molecule has 5 nitrogen and oxygen atoms in total. The Balaban J connectivity index is 2.89. The van der Waals surface area contributed by atoms with Crippen molar-refractivity contribution in [1.29, 1.82) is 0 Å². The van der Waals surface area contributed by atoms with E-state index in [9.17, 15) is 10.1 Å². The first-order chi connectivity index (χ1) is 9.12. The minimum atomic E-state index is -0.378. The molecule has 1 N–H and O–H groups in total. The van der Waals surface area contributed by atoms with Gasteiger partial charge in [0.25, 0.3) is 5.69 Å². The molecule has 0 amide bonds. The molecule has 0 radical (unpaired) electrons. The smallest absolute Gasteiger partial charge is 0.296 e. The van der Waals surface area contributed by atoms with E-state index in [1.807, 2.05) is 0 Å². The van der Waals surface area contributed by atoms with Gasteiger partial charge >= 0.3 is 0 Å². The summed E-state index contributed by atoms with van der Waals surface area (Å²) in [5.74, 6) is 0.499. The zero-order chi connectivity index (χ0) is 14.3. The van der Waals surface area contributed by atoms with Crippen molar-refractivity contribution in [2.75, 3.05) is 12.4 Å². The van der Waals surface area contributed by atoms with Crippen LogP contribution in [0.5, 0.6) is 5.75 Å². The quantitative estimate of drug-likeness (QED) is 0.571. The monoisotopic (exact) mass is 266 g/mol. The highest BCUT2D eigenvalue weighted by atomic mass is 16.6. The molecular weight excluding hydrogens is 244 g/mol. The lowest BCUT2D eigenvalue weighted by molar-refractivity contribution is -0.384. The van der Waals surface area contributed by atoms with Crippen molar-refractivity contribution in [2.24, 2.45) is 0 Å². The van der Waals surface area contributed by atoms with E-state index in [1.165, 1.54) is 13.2 Å². The summed E-state index contributed by atoms with van der Waals surface area (Å²) in [4.78, 5) is 10.7. The van der Waals surface area contributed by atoms with Crippen molar-refractivity contribution >= 4 is 11.4 Å². The summed E-state index contributed by atoms with van der Waals surface area (Å²) in [5, 5.41) is 14.4. The van der Waals surface area contributed by atoms with Crippen LogP contribution in [-0.2, 0) is 0 Å². The van der Waals surface area contributed by atoms with Crippen molar-refractivity contribution in [3.05, 3.63) is 28.3 Å². The van der Waals surface area contributed by atoms with Gasteiger partial charge in [-0.3, -0.25) is 10.1 Å². The highest BCUT2D eigenvalue weighted by Gasteiger charge is 2.17. The summed E-state index contributed by atoms with van der Waals surface area (Å²) < 4.78 is 5.02. The molecule has 0 fully saturated rings. The fourth-order valence-electron chi connectivity index (χ4n) is 1.96. The van der Waals surface area contributed by atoms with Gasteiger partial charge in [0.05, 0.1) is 18.1 Å². The van der Waals surface area contributed by atoms with Crippen LogP contribution >= 0.6 is 0 Å². The van der Waals surface area contributed by atoms with Crippen LogP contribution in [0.1, 0.15) is 39.5 Å². The predicted molar refractivity (Wildman–Crippen MR) is 76.9 cm³/mol. The lowest BCUT2D eigenvalue weighted by Crippen LogP contribution is -2.19. The molecule has 0 aromatic heterocycles. The third-order valence-electron chi connectivity index (χ3n) is 3.16. The van der Waals surface area contributed by atoms with Crippen LogP contribution in [-0.4, -0.2) is 18.1 Å². The molecule has 0 aliphatic rings. The lowest BCUT2D eigenvalue weighted by atomic mass is 10.1. The number of nitrogens with zero attached hydrogens (tertiary/aromatic N) is 1. The average Bonchev–Trinajstić information content (AvgIpc) is 2.43. The molecule has 0 saturated heterocycles. The Labute approximate surface area is 114 Å². The molecule has 0 spiro atoms. The number of rotatable bonds is 8. The van der Waals surface area contributed by atoms with E-state index in [-0.39, 0.29) is 16.7 Å². The standard InChI is InChI=1S/C14H22N2O3/c1-4-6-7-11(5-2)15-13-9-8-12(19-3)10-14(13)16(17)18/h8-11,15H,4-7H2,1-3H3. The highest BCUT2D eigenvalue weighted by molar-refractivity contribution is 5.64. The number of nitro benzene ring substituents is 1. The highest BCUT2D eigenvalue weighted by Crippen LogP contribution is 2.30. The normalized spacial score (nSPS) is 11.9. The van der Waals surface area contributed by atoms with Gasteiger partial charge in [0.15, 0.2) is 0 Å². The zero-order valence-corrected chi connectivity index (χ0v) is 11.8. The average molecular weight is 266 g/mol. The van der Waals surface area contributed by atoms with Crippen LogP contribution in [0.25, 0.3) is 0 Å². The number of nitro groups is 1. The van der Waals surface area contributed by atoms with Crippen LogP contribution in [0.15, 0.2) is 18.2 Å². The molecule has 5 heteroatoms. The molecule has 0 saturated carbocycles. The van der Waals surface area contributed by atoms with Crippen molar-refractivity contribution in [2.45, 2.75) is 45.6 Å². The van der Waals surface area contributed by atoms with Crippen molar-refractivity contribution in [3.63, 3.8) is 0 Å². The Morgan fingerprint density at radius 3 is 2.68 bits per heavy atom. The van der Waals surface area contributed by atoms with Gasteiger partial charge in [-0.05, 0) is 25.0 Å². The fraction of sp³-hybridized carbons (Fsp3) is 0.571. The van der Waals surface area contributed by atoms with Gasteiger partial charge in [-0.15, -0.1) is 0 Å². The fourth-order valence-corrected chi connectivity index (χ4v) is 1.96. The van der Waals surface area contributed by atoms with Gasteiger partial charge in [-0.25, -0.2) is 0 Å². The van der Waals surface area contributed by atoms with Crippen LogP contribution in [0, 0.1) is 10.1 Å². The predicted octanol–water partition coefficient (Wildman–Crippen LogP) is 3.98. The molecular formula is C14H22N2O3. The second kappa shape index (κ2) is 7.61. The lowest BCUT2D eigenvalue weighted by Gasteiger charge is -2.18. The molecule has 1 aromatic carbocycles. The zero-order valence-electron chi connectivity index (χ0n) is 11.8. The van der Waals surface area contributed by atoms with Crippen molar-refractivity contribution in [3.8, 4) is 5.75 Å². The Bertz CT molecular complexity index is 421. The molecule has 1 rings (SSSR count). The molecule has 106 valence electrons. The number of hydrogen-bond acceptors (Lipinski definition) is 4. The number of anilines is 1. The molecule has 1 aromatic rings. The first-order valence-corrected chi connectivity index (χ1v) is 6.71. The largest absolute Gasteiger partial charge is 0.496 e. The number of ether oxygens (including phenoxy) is 1. The molecule has 19 heavy (non-hydrogen) atoms. The summed E-state index contributed by atoms with van der Waals surface area (Å²) in [6, 6.07) is 5.18. The molecule has 1 atom stereocenters. The van der Waals surface area contributed by atoms with Crippen LogP contribution in [0.2, 0.25) is 0 Å². The summed E-state index contributed by atoms with van der Waals surface area (Å²) in [5.41, 5.74) is 0.628. The van der Waals surface area contributed by atoms with Crippen molar-refractivity contribution < 1.29 is 9.66 Å². The van der Waals surface area contributed by atoms with Crippen LogP contribution in [0.3, 0.4) is 0 Å². The summed E-state index contributed by atoms with van der Waals surface area (Å²) in [6.45, 7) is 4.23. The Hall–Kier alpha value is -1.78. The minimum Gasteiger partial charge on any atom is -0.496 e. The molecule has 0 bridgehead atoms. The van der Waals surface area contributed by atoms with E-state index in [4.69, 9.17) is 4.74 Å². The maximum Gasteiger partial charge on any atom is 0.296 e. The van der Waals surface area contributed by atoms with Gasteiger partial charge in [-0.1, -0.05) is 26.7 Å². The second-order valence-corrected chi connectivity index (χ2v) is 4.53. The molecule has 0 aliphatic carbocycles. The summed E-state index contributed by atoms with van der Waals surface area (Å²) in [7, 11) is 1.50. The molecule has 1 unspecified atom stereocenters. The van der Waals surface area contributed by atoms with E-state index in [2.05, 4.69) is 19.2 Å². The summed E-state index contributed by atoms with van der Waals surface area (Å²) >= 11 is 0. The maximum absolute atomic E-state index is 11.1. The Morgan fingerprint density at radius 2 is 2.16 bits per heavy atom. The van der Waals surface area contributed by atoms with Gasteiger partial charge in [-0.2, -0.15) is 0 Å². The SMILES string of the molecule is CCCCC(CC)Nc1ccc(OC)cc1[N+](=O)[O-]. The maximum atomic E-state index is 11.1. The first-order valence-electron chi connectivity index (χ1n) is 6.71. The molecule has 0 aliphatic heterocycles. The Morgan fingerprint density at radius 1 is 1.42 bits per heavy atom. The topological polar surface area (TPSA) is 64.4 Å². The first kappa shape index (κ1) is 15.3. The van der Waals surface area contributed by atoms with Crippen LogP contribution < -0.4 is 10.1 Å². The van der Waals surface area contributed by atoms with E-state index >= 15 is 0 Å². The van der Waals surface area contributed by atoms with E-state index in [0.717, 1.165) is 25.7 Å². The third-order valence-corrected chi connectivity index (χ3v) is 3.16. The number of methoxy groups -OCH3 is 1. The number of hydrogen-bond donors (Lipinski definition) is 1. The number of unbranched alkanes of at least 4 members (excludes halogenated alkanes) is 1. The van der Waals surface area contributed by atoms with Gasteiger partial charge in [0.1, 0.15) is 11.4 Å². The van der Waals surface area contributed by atoms with Crippen molar-refractivity contribution in [1.82, 2.24) is 0 Å². The van der Waals surface area contributed by atoms with Crippen LogP contribution in [0.4, 0.5) is 11.4 Å². The summed E-state index contributed by atoms with van der Waals surface area (Å²) in [6.07, 6.45) is 4.22. The van der Waals surface area contributed by atoms with E-state index in [1.54, 1.807) is 12.1 Å². The second-order valence-electron chi connectivity index (χ2n) is 4.53. The minimum absolute atomic E-state index is 0.0642. The van der Waals surface area contributed by atoms with E-state index < -0.39 is 0 Å².